The zero-order chi connectivity index (χ0) is 17.5. The quantitative estimate of drug-likeness (QED) is 0.306. The topological polar surface area (TPSA) is 0 Å². The lowest BCUT2D eigenvalue weighted by Crippen LogP contribution is -3.00. The molecule has 0 spiro atoms. The number of hydrogen-bond donors (Lipinski definition) is 0. The maximum Gasteiger partial charge on any atom is 0.104 e. The van der Waals surface area contributed by atoms with Crippen molar-refractivity contribution >= 4 is 0 Å². The van der Waals surface area contributed by atoms with Crippen LogP contribution in [0.1, 0.15) is 97.0 Å². The molecule has 0 aliphatic carbocycles. The van der Waals surface area contributed by atoms with E-state index in [0.717, 1.165) is 11.0 Å². The van der Waals surface area contributed by atoms with Gasteiger partial charge in [0.05, 0.1) is 20.6 Å². The minimum absolute atomic E-state index is 0. The van der Waals surface area contributed by atoms with Crippen LogP contribution >= 0.6 is 0 Å². The lowest BCUT2D eigenvalue weighted by atomic mass is 10.1. The molecule has 154 valence electrons. The Hall–Kier alpha value is -0.530. The average Bonchev–Trinajstić information content (AvgIpc) is 2.56. The van der Waals surface area contributed by atoms with Crippen LogP contribution in [0.3, 0.4) is 0 Å². The van der Waals surface area contributed by atoms with E-state index in [4.69, 9.17) is 0 Å². The van der Waals surface area contributed by atoms with Crippen LogP contribution in [0.2, 0.25) is 0 Å². The highest BCUT2D eigenvalue weighted by atomic mass is 35.5. The Kier molecular flexibility index (Phi) is 19.0. The monoisotopic (exact) mass is 383 g/mol. The van der Waals surface area contributed by atoms with Gasteiger partial charge in [-0.15, -0.1) is 0 Å². The molecule has 0 saturated carbocycles. The fraction of sp³-hybridized carbons (Fsp3) is 0.750. The molecule has 0 N–H and O–H groups in total. The first-order valence-corrected chi connectivity index (χ1v) is 10.5. The van der Waals surface area contributed by atoms with Gasteiger partial charge in [0.1, 0.15) is 6.54 Å². The number of quaternary nitrogens is 1. The van der Waals surface area contributed by atoms with Gasteiger partial charge >= 0.3 is 0 Å². The summed E-state index contributed by atoms with van der Waals surface area (Å²) >= 11 is 0. The van der Waals surface area contributed by atoms with Crippen molar-refractivity contribution in [2.45, 2.75) is 97.9 Å². The number of rotatable bonds is 15. The van der Waals surface area contributed by atoms with Crippen LogP contribution in [0.5, 0.6) is 0 Å². The Bertz CT molecular complexity index is 388. The third kappa shape index (κ3) is 15.7. The van der Waals surface area contributed by atoms with Crippen molar-refractivity contribution in [1.82, 2.24) is 0 Å². The molecule has 26 heavy (non-hydrogen) atoms. The first-order chi connectivity index (χ1) is 11.6. The second-order valence-corrected chi connectivity index (χ2v) is 8.19. The van der Waals surface area contributed by atoms with Gasteiger partial charge in [-0.05, 0) is 12.8 Å². The van der Waals surface area contributed by atoms with Gasteiger partial charge in [-0.25, -0.2) is 0 Å². The third-order valence-corrected chi connectivity index (χ3v) is 5.07. The highest BCUT2D eigenvalue weighted by molar-refractivity contribution is 5.13. The molecule has 1 rings (SSSR count). The predicted molar refractivity (Wildman–Crippen MR) is 115 cm³/mol. The second-order valence-electron chi connectivity index (χ2n) is 8.19. The summed E-state index contributed by atoms with van der Waals surface area (Å²) in [6.07, 6.45) is 17.2. The van der Waals surface area contributed by atoms with E-state index in [0.29, 0.717) is 0 Å². The van der Waals surface area contributed by atoms with Gasteiger partial charge in [0, 0.05) is 5.56 Å². The molecule has 0 amide bonds. The van der Waals surface area contributed by atoms with Crippen molar-refractivity contribution in [3.63, 3.8) is 0 Å². The van der Waals surface area contributed by atoms with Crippen LogP contribution in [0.25, 0.3) is 0 Å². The van der Waals surface area contributed by atoms with E-state index in [9.17, 15) is 0 Å². The Balaban J connectivity index is 0. The Morgan fingerprint density at radius 3 is 1.54 bits per heavy atom. The molecule has 0 fully saturated rings. The Morgan fingerprint density at radius 2 is 1.08 bits per heavy atom. The molecule has 0 radical (unpaired) electrons. The lowest BCUT2D eigenvalue weighted by Gasteiger charge is -2.30. The van der Waals surface area contributed by atoms with Gasteiger partial charge in [0.2, 0.25) is 0 Å². The Morgan fingerprint density at radius 1 is 0.654 bits per heavy atom. The molecule has 0 heterocycles. The van der Waals surface area contributed by atoms with E-state index in [2.05, 4.69) is 51.4 Å². The molecular weight excluding hydrogens is 338 g/mol. The fourth-order valence-electron chi connectivity index (χ4n) is 3.54. The molecule has 0 aliphatic heterocycles. The molecule has 0 atom stereocenters. The van der Waals surface area contributed by atoms with E-state index in [1.165, 1.54) is 89.2 Å². The fourth-order valence-corrected chi connectivity index (χ4v) is 3.54. The van der Waals surface area contributed by atoms with Crippen molar-refractivity contribution in [2.24, 2.45) is 0 Å². The van der Waals surface area contributed by atoms with Crippen LogP contribution in [0.15, 0.2) is 30.3 Å². The van der Waals surface area contributed by atoms with Crippen molar-refractivity contribution in [1.29, 1.82) is 0 Å². The summed E-state index contributed by atoms with van der Waals surface area (Å²) in [5.41, 5.74) is 1.46. The second kappa shape index (κ2) is 17.9. The van der Waals surface area contributed by atoms with Gasteiger partial charge in [0.15, 0.2) is 0 Å². The molecule has 1 aromatic carbocycles. The summed E-state index contributed by atoms with van der Waals surface area (Å²) in [7, 11) is 4.73. The highest BCUT2D eigenvalue weighted by Gasteiger charge is 2.14. The largest absolute Gasteiger partial charge is 1.00 e. The average molecular weight is 384 g/mol. The van der Waals surface area contributed by atoms with E-state index in [1.54, 1.807) is 0 Å². The van der Waals surface area contributed by atoms with E-state index in [-0.39, 0.29) is 19.8 Å². The SMILES string of the molecule is C.CCCCCCCCCCCCCC[N+](C)(C)Cc1ccccc1.[Cl-]. The molecule has 1 aromatic rings. The van der Waals surface area contributed by atoms with E-state index >= 15 is 0 Å². The van der Waals surface area contributed by atoms with Crippen LogP contribution in [-0.4, -0.2) is 25.1 Å². The standard InChI is InChI=1S/C23H42N.CH4.ClH/c1-4-5-6-7-8-9-10-11-12-13-14-18-21-24(2,3)22-23-19-16-15-17-20-23;;/h15-17,19-20H,4-14,18,21-22H2,1-3H3;1H4;1H/q+1;;/p-1. The first-order valence-electron chi connectivity index (χ1n) is 10.5. The predicted octanol–water partition coefficient (Wildman–Crippen LogP) is 4.60. The maximum absolute atomic E-state index is 2.37. The molecule has 0 unspecified atom stereocenters. The molecule has 0 aromatic heterocycles. The van der Waals surface area contributed by atoms with Gasteiger partial charge in [-0.3, -0.25) is 0 Å². The number of nitrogens with zero attached hydrogens (tertiary/aromatic N) is 1. The van der Waals surface area contributed by atoms with Crippen molar-refractivity contribution in [3.05, 3.63) is 35.9 Å². The summed E-state index contributed by atoms with van der Waals surface area (Å²) in [5.74, 6) is 0. The first kappa shape index (κ1) is 27.7. The molecular formula is C24H46ClN. The Labute approximate surface area is 171 Å². The number of benzene rings is 1. The molecule has 0 bridgehead atoms. The number of hydrogen-bond acceptors (Lipinski definition) is 0. The molecule has 0 aliphatic rings. The normalized spacial score (nSPS) is 10.9. The van der Waals surface area contributed by atoms with Crippen LogP contribution in [-0.2, 0) is 6.54 Å². The smallest absolute Gasteiger partial charge is 0.104 e. The van der Waals surface area contributed by atoms with Crippen LogP contribution in [0.4, 0.5) is 0 Å². The van der Waals surface area contributed by atoms with Crippen molar-refractivity contribution < 1.29 is 16.9 Å². The van der Waals surface area contributed by atoms with Crippen LogP contribution in [0, 0.1) is 0 Å². The summed E-state index contributed by atoms with van der Waals surface area (Å²) in [6.45, 7) is 4.74. The molecule has 1 nitrogen and oxygen atoms in total. The summed E-state index contributed by atoms with van der Waals surface area (Å²) in [5, 5.41) is 0. The third-order valence-electron chi connectivity index (χ3n) is 5.07. The zero-order valence-electron chi connectivity index (χ0n) is 17.1. The zero-order valence-corrected chi connectivity index (χ0v) is 17.9. The van der Waals surface area contributed by atoms with Crippen molar-refractivity contribution in [3.8, 4) is 0 Å². The van der Waals surface area contributed by atoms with Crippen molar-refractivity contribution in [2.75, 3.05) is 20.6 Å². The van der Waals surface area contributed by atoms with Gasteiger partial charge in [0.25, 0.3) is 0 Å². The molecule has 0 saturated heterocycles. The summed E-state index contributed by atoms with van der Waals surface area (Å²) < 4.78 is 1.11. The van der Waals surface area contributed by atoms with Crippen LogP contribution < -0.4 is 12.4 Å². The van der Waals surface area contributed by atoms with Gasteiger partial charge < -0.3 is 16.9 Å². The minimum Gasteiger partial charge on any atom is -1.00 e. The summed E-state index contributed by atoms with van der Waals surface area (Å²) in [4.78, 5) is 0. The minimum atomic E-state index is 0. The van der Waals surface area contributed by atoms with E-state index in [1.807, 2.05) is 0 Å². The number of halogens is 1. The molecule has 2 heteroatoms. The van der Waals surface area contributed by atoms with Gasteiger partial charge in [-0.1, -0.05) is 109 Å². The maximum atomic E-state index is 2.37. The lowest BCUT2D eigenvalue weighted by molar-refractivity contribution is -0.903. The van der Waals surface area contributed by atoms with E-state index < -0.39 is 0 Å². The highest BCUT2D eigenvalue weighted by Crippen LogP contribution is 2.14. The summed E-state index contributed by atoms with van der Waals surface area (Å²) in [6, 6.07) is 10.9. The van der Waals surface area contributed by atoms with Gasteiger partial charge in [-0.2, -0.15) is 0 Å². The number of unbranched alkanes of at least 4 members (excludes halogenated alkanes) is 11.